The molecule has 0 fully saturated rings. The van der Waals surface area contributed by atoms with E-state index in [1.165, 1.54) is 0 Å². The predicted octanol–water partition coefficient (Wildman–Crippen LogP) is 2.12. The molecule has 0 aromatic carbocycles. The van der Waals surface area contributed by atoms with Gasteiger partial charge in [-0.2, -0.15) is 0 Å². The molecular formula is C8H11ClN2. The molecule has 0 aliphatic heterocycles. The second-order valence-electron chi connectivity index (χ2n) is 2.21. The van der Waals surface area contributed by atoms with Crippen LogP contribution in [0, 0.1) is 0 Å². The highest BCUT2D eigenvalue weighted by Gasteiger charge is 1.87. The predicted molar refractivity (Wildman–Crippen MR) is 48.1 cm³/mol. The van der Waals surface area contributed by atoms with E-state index < -0.39 is 0 Å². The Hall–Kier alpha value is -0.760. The van der Waals surface area contributed by atoms with Crippen LogP contribution in [0.5, 0.6) is 0 Å². The van der Waals surface area contributed by atoms with E-state index in [-0.39, 0.29) is 0 Å². The van der Waals surface area contributed by atoms with Crippen molar-refractivity contribution in [3.8, 4) is 0 Å². The first kappa shape index (κ1) is 8.34. The van der Waals surface area contributed by atoms with E-state index in [0.717, 1.165) is 18.7 Å². The number of nitrogens with one attached hydrogen (secondary N) is 1. The first-order chi connectivity index (χ1) is 5.43. The lowest BCUT2D eigenvalue weighted by molar-refractivity contribution is 0.986. The SMILES string of the molecule is ClCCCNc1ccncc1. The van der Waals surface area contributed by atoms with E-state index in [9.17, 15) is 0 Å². The molecule has 0 unspecified atom stereocenters. The molecule has 0 radical (unpaired) electrons. The summed E-state index contributed by atoms with van der Waals surface area (Å²) in [6.07, 6.45) is 4.52. The highest BCUT2D eigenvalue weighted by molar-refractivity contribution is 6.17. The Bertz CT molecular complexity index is 189. The zero-order valence-corrected chi connectivity index (χ0v) is 7.01. The molecule has 1 heterocycles. The highest BCUT2D eigenvalue weighted by Crippen LogP contribution is 2.02. The summed E-state index contributed by atoms with van der Waals surface area (Å²) < 4.78 is 0. The van der Waals surface area contributed by atoms with Crippen molar-refractivity contribution in [2.24, 2.45) is 0 Å². The summed E-state index contributed by atoms with van der Waals surface area (Å²) in [7, 11) is 0. The van der Waals surface area contributed by atoms with E-state index in [1.807, 2.05) is 12.1 Å². The van der Waals surface area contributed by atoms with Crippen LogP contribution in [0.4, 0.5) is 5.69 Å². The van der Waals surface area contributed by atoms with Crippen molar-refractivity contribution >= 4 is 17.3 Å². The number of anilines is 1. The average Bonchev–Trinajstić information content (AvgIpc) is 2.07. The summed E-state index contributed by atoms with van der Waals surface area (Å²) in [5.41, 5.74) is 1.10. The van der Waals surface area contributed by atoms with Gasteiger partial charge in [0.2, 0.25) is 0 Å². The van der Waals surface area contributed by atoms with Crippen LogP contribution in [0.15, 0.2) is 24.5 Å². The number of rotatable bonds is 4. The lowest BCUT2D eigenvalue weighted by atomic mass is 10.4. The van der Waals surface area contributed by atoms with Crippen LogP contribution in [0.2, 0.25) is 0 Å². The van der Waals surface area contributed by atoms with Crippen molar-refractivity contribution in [3.63, 3.8) is 0 Å². The van der Waals surface area contributed by atoms with Gasteiger partial charge in [-0.1, -0.05) is 0 Å². The van der Waals surface area contributed by atoms with Gasteiger partial charge >= 0.3 is 0 Å². The molecule has 60 valence electrons. The van der Waals surface area contributed by atoms with Crippen LogP contribution in [-0.4, -0.2) is 17.4 Å². The molecule has 0 saturated heterocycles. The minimum Gasteiger partial charge on any atom is -0.385 e. The summed E-state index contributed by atoms with van der Waals surface area (Å²) in [6.45, 7) is 0.924. The van der Waals surface area contributed by atoms with E-state index in [1.54, 1.807) is 12.4 Å². The van der Waals surface area contributed by atoms with Crippen molar-refractivity contribution in [2.75, 3.05) is 17.7 Å². The molecule has 0 atom stereocenters. The molecule has 11 heavy (non-hydrogen) atoms. The number of hydrogen-bond donors (Lipinski definition) is 1. The summed E-state index contributed by atoms with van der Waals surface area (Å²) in [5.74, 6) is 0.706. The van der Waals surface area contributed by atoms with Crippen molar-refractivity contribution in [1.29, 1.82) is 0 Å². The molecule has 0 aliphatic carbocycles. The lowest BCUT2D eigenvalue weighted by Crippen LogP contribution is -2.01. The summed E-state index contributed by atoms with van der Waals surface area (Å²) in [6, 6.07) is 3.88. The van der Waals surface area contributed by atoms with Gasteiger partial charge in [0.1, 0.15) is 0 Å². The second kappa shape index (κ2) is 4.97. The Morgan fingerprint density at radius 2 is 2.09 bits per heavy atom. The van der Waals surface area contributed by atoms with E-state index in [2.05, 4.69) is 10.3 Å². The number of hydrogen-bond acceptors (Lipinski definition) is 2. The molecule has 1 aromatic rings. The van der Waals surface area contributed by atoms with Gasteiger partial charge in [-0.3, -0.25) is 4.98 Å². The molecular weight excluding hydrogens is 160 g/mol. The minimum atomic E-state index is 0.706. The maximum atomic E-state index is 5.52. The molecule has 2 nitrogen and oxygen atoms in total. The minimum absolute atomic E-state index is 0.706. The molecule has 0 amide bonds. The normalized spacial score (nSPS) is 9.55. The van der Waals surface area contributed by atoms with Gasteiger partial charge in [-0.25, -0.2) is 0 Å². The van der Waals surface area contributed by atoms with Gasteiger partial charge in [0, 0.05) is 30.5 Å². The van der Waals surface area contributed by atoms with E-state index in [4.69, 9.17) is 11.6 Å². The molecule has 3 heteroatoms. The fourth-order valence-electron chi connectivity index (χ4n) is 0.769. The number of halogens is 1. The van der Waals surface area contributed by atoms with Crippen LogP contribution < -0.4 is 5.32 Å². The van der Waals surface area contributed by atoms with Gasteiger partial charge in [0.15, 0.2) is 0 Å². The van der Waals surface area contributed by atoms with Gasteiger partial charge in [-0.15, -0.1) is 11.6 Å². The van der Waals surface area contributed by atoms with Gasteiger partial charge in [0.05, 0.1) is 0 Å². The van der Waals surface area contributed by atoms with Crippen molar-refractivity contribution in [1.82, 2.24) is 4.98 Å². The van der Waals surface area contributed by atoms with Crippen LogP contribution in [0.25, 0.3) is 0 Å². The Morgan fingerprint density at radius 1 is 1.36 bits per heavy atom. The maximum absolute atomic E-state index is 5.52. The van der Waals surface area contributed by atoms with Crippen molar-refractivity contribution in [2.45, 2.75) is 6.42 Å². The third kappa shape index (κ3) is 3.23. The third-order valence-electron chi connectivity index (χ3n) is 1.32. The zero-order valence-electron chi connectivity index (χ0n) is 6.26. The van der Waals surface area contributed by atoms with Crippen LogP contribution in [0.3, 0.4) is 0 Å². The number of alkyl halides is 1. The smallest absolute Gasteiger partial charge is 0.0371 e. The Kier molecular flexibility index (Phi) is 3.76. The lowest BCUT2D eigenvalue weighted by Gasteiger charge is -2.02. The Morgan fingerprint density at radius 3 is 2.73 bits per heavy atom. The number of aromatic nitrogens is 1. The number of pyridine rings is 1. The molecule has 1 rings (SSSR count). The topological polar surface area (TPSA) is 24.9 Å². The number of nitrogens with zero attached hydrogens (tertiary/aromatic N) is 1. The molecule has 0 spiro atoms. The molecule has 0 saturated carbocycles. The molecule has 1 N–H and O–H groups in total. The molecule has 1 aromatic heterocycles. The second-order valence-corrected chi connectivity index (χ2v) is 2.58. The van der Waals surface area contributed by atoms with E-state index >= 15 is 0 Å². The Labute approximate surface area is 71.6 Å². The molecule has 0 aliphatic rings. The third-order valence-corrected chi connectivity index (χ3v) is 1.59. The van der Waals surface area contributed by atoms with Gasteiger partial charge < -0.3 is 5.32 Å². The average molecular weight is 171 g/mol. The van der Waals surface area contributed by atoms with Crippen molar-refractivity contribution in [3.05, 3.63) is 24.5 Å². The zero-order chi connectivity index (χ0) is 7.94. The summed E-state index contributed by atoms with van der Waals surface area (Å²) in [5, 5.41) is 3.22. The van der Waals surface area contributed by atoms with Crippen LogP contribution >= 0.6 is 11.6 Å². The monoisotopic (exact) mass is 170 g/mol. The van der Waals surface area contributed by atoms with Gasteiger partial charge in [-0.05, 0) is 18.6 Å². The van der Waals surface area contributed by atoms with Crippen LogP contribution in [-0.2, 0) is 0 Å². The Balaban J connectivity index is 2.28. The van der Waals surface area contributed by atoms with E-state index in [0.29, 0.717) is 5.88 Å². The highest BCUT2D eigenvalue weighted by atomic mass is 35.5. The van der Waals surface area contributed by atoms with Crippen LogP contribution in [0.1, 0.15) is 6.42 Å². The fraction of sp³-hybridized carbons (Fsp3) is 0.375. The summed E-state index contributed by atoms with van der Waals surface area (Å²) >= 11 is 5.52. The first-order valence-electron chi connectivity index (χ1n) is 3.63. The standard InChI is InChI=1S/C8H11ClN2/c9-4-1-5-11-8-2-6-10-7-3-8/h2-3,6-7H,1,4-5H2,(H,10,11). The maximum Gasteiger partial charge on any atom is 0.0371 e. The van der Waals surface area contributed by atoms with Gasteiger partial charge in [0.25, 0.3) is 0 Å². The fourth-order valence-corrected chi connectivity index (χ4v) is 0.903. The quantitative estimate of drug-likeness (QED) is 0.553. The largest absolute Gasteiger partial charge is 0.385 e. The first-order valence-corrected chi connectivity index (χ1v) is 4.17. The molecule has 0 bridgehead atoms. The van der Waals surface area contributed by atoms with Crippen molar-refractivity contribution < 1.29 is 0 Å². The summed E-state index contributed by atoms with van der Waals surface area (Å²) in [4.78, 5) is 3.91.